The maximum atomic E-state index is 11.4. The van der Waals surface area contributed by atoms with Gasteiger partial charge >= 0.3 is 0 Å². The van der Waals surface area contributed by atoms with Crippen molar-refractivity contribution in [2.45, 2.75) is 5.03 Å². The van der Waals surface area contributed by atoms with Crippen LogP contribution in [-0.2, 0) is 0 Å². The lowest BCUT2D eigenvalue weighted by Gasteiger charge is -1.99. The maximum Gasteiger partial charge on any atom is 0.193 e. The fourth-order valence-corrected chi connectivity index (χ4v) is 1.69. The molecule has 0 saturated carbocycles. The standard InChI is InChI=1S/C8H7N3OS/c1-13-8-6-5(12)2-3-9-7(6)10-4-11-8/h2-4H,1H3,(H,9,10,11,12). The molecule has 2 heterocycles. The highest BCUT2D eigenvalue weighted by molar-refractivity contribution is 7.98. The van der Waals surface area contributed by atoms with Crippen molar-refractivity contribution in [3.05, 3.63) is 28.8 Å². The van der Waals surface area contributed by atoms with Crippen molar-refractivity contribution in [1.82, 2.24) is 15.0 Å². The molecule has 2 aromatic heterocycles. The second-order valence-electron chi connectivity index (χ2n) is 2.45. The molecule has 0 bridgehead atoms. The molecule has 0 aliphatic heterocycles. The molecule has 0 aliphatic carbocycles. The summed E-state index contributed by atoms with van der Waals surface area (Å²) in [6.07, 6.45) is 4.92. The third-order valence-electron chi connectivity index (χ3n) is 1.71. The Morgan fingerprint density at radius 1 is 1.46 bits per heavy atom. The van der Waals surface area contributed by atoms with Gasteiger partial charge in [-0.2, -0.15) is 0 Å². The Bertz CT molecular complexity index is 489. The van der Waals surface area contributed by atoms with Gasteiger partial charge in [-0.25, -0.2) is 9.97 Å². The van der Waals surface area contributed by atoms with E-state index in [-0.39, 0.29) is 5.43 Å². The van der Waals surface area contributed by atoms with Crippen LogP contribution >= 0.6 is 11.8 Å². The number of nitrogens with zero attached hydrogens (tertiary/aromatic N) is 2. The number of rotatable bonds is 1. The summed E-state index contributed by atoms with van der Waals surface area (Å²) in [5.74, 6) is 0. The smallest absolute Gasteiger partial charge is 0.193 e. The van der Waals surface area contributed by atoms with Crippen molar-refractivity contribution in [3.8, 4) is 0 Å². The Balaban J connectivity index is 2.95. The van der Waals surface area contributed by atoms with Gasteiger partial charge in [-0.15, -0.1) is 11.8 Å². The fourth-order valence-electron chi connectivity index (χ4n) is 1.14. The Hall–Kier alpha value is -1.36. The third-order valence-corrected chi connectivity index (χ3v) is 2.40. The molecule has 2 aromatic rings. The molecule has 13 heavy (non-hydrogen) atoms. The predicted molar refractivity (Wildman–Crippen MR) is 51.9 cm³/mol. The lowest BCUT2D eigenvalue weighted by Crippen LogP contribution is -2.03. The highest BCUT2D eigenvalue weighted by Gasteiger charge is 2.04. The Morgan fingerprint density at radius 2 is 2.31 bits per heavy atom. The Kier molecular flexibility index (Phi) is 2.02. The minimum Gasteiger partial charge on any atom is -0.346 e. The molecule has 0 spiro atoms. The lowest BCUT2D eigenvalue weighted by molar-refractivity contribution is 1.08. The summed E-state index contributed by atoms with van der Waals surface area (Å²) in [5, 5.41) is 1.28. The van der Waals surface area contributed by atoms with Crippen molar-refractivity contribution < 1.29 is 0 Å². The molecule has 0 aromatic carbocycles. The van der Waals surface area contributed by atoms with Gasteiger partial charge in [-0.3, -0.25) is 4.79 Å². The van der Waals surface area contributed by atoms with Gasteiger partial charge < -0.3 is 4.98 Å². The van der Waals surface area contributed by atoms with E-state index in [2.05, 4.69) is 15.0 Å². The van der Waals surface area contributed by atoms with Crippen molar-refractivity contribution in [2.75, 3.05) is 6.26 Å². The van der Waals surface area contributed by atoms with Gasteiger partial charge in [-0.1, -0.05) is 0 Å². The van der Waals surface area contributed by atoms with Crippen molar-refractivity contribution >= 4 is 22.8 Å². The molecule has 0 radical (unpaired) electrons. The van der Waals surface area contributed by atoms with Crippen LogP contribution in [0.1, 0.15) is 0 Å². The maximum absolute atomic E-state index is 11.4. The van der Waals surface area contributed by atoms with Crippen LogP contribution < -0.4 is 5.43 Å². The number of pyridine rings is 1. The zero-order valence-electron chi connectivity index (χ0n) is 6.94. The number of hydrogen-bond donors (Lipinski definition) is 1. The van der Waals surface area contributed by atoms with E-state index in [4.69, 9.17) is 0 Å². The second-order valence-corrected chi connectivity index (χ2v) is 3.24. The number of aromatic amines is 1. The first-order valence-corrected chi connectivity index (χ1v) is 4.92. The van der Waals surface area contributed by atoms with E-state index < -0.39 is 0 Å². The average Bonchev–Trinajstić information content (AvgIpc) is 2.17. The topological polar surface area (TPSA) is 58.6 Å². The van der Waals surface area contributed by atoms with Crippen LogP contribution in [0.4, 0.5) is 0 Å². The van der Waals surface area contributed by atoms with Crippen LogP contribution in [0.15, 0.2) is 28.4 Å². The molecule has 0 amide bonds. The molecule has 1 N–H and O–H groups in total. The summed E-state index contributed by atoms with van der Waals surface area (Å²) in [6.45, 7) is 0. The Labute approximate surface area is 78.4 Å². The zero-order valence-corrected chi connectivity index (χ0v) is 7.76. The van der Waals surface area contributed by atoms with Gasteiger partial charge in [0.25, 0.3) is 0 Å². The highest BCUT2D eigenvalue weighted by atomic mass is 32.2. The molecule has 0 aliphatic rings. The number of H-pyrrole nitrogens is 1. The van der Waals surface area contributed by atoms with E-state index in [1.54, 1.807) is 6.20 Å². The number of aromatic nitrogens is 3. The third kappa shape index (κ3) is 1.31. The summed E-state index contributed by atoms with van der Waals surface area (Å²) in [6, 6.07) is 1.48. The SMILES string of the molecule is CSc1ncnc2[nH]ccc(=O)c12. The predicted octanol–water partition coefficient (Wildman–Crippen LogP) is 1.04. The molecule has 66 valence electrons. The molecule has 0 unspecified atom stereocenters. The average molecular weight is 193 g/mol. The van der Waals surface area contributed by atoms with Crippen molar-refractivity contribution in [1.29, 1.82) is 0 Å². The molecule has 4 nitrogen and oxygen atoms in total. The molecule has 0 saturated heterocycles. The molecular formula is C8H7N3OS. The van der Waals surface area contributed by atoms with Crippen LogP contribution in [0.5, 0.6) is 0 Å². The molecule has 2 rings (SSSR count). The van der Waals surface area contributed by atoms with Gasteiger partial charge in [0.15, 0.2) is 5.43 Å². The first-order valence-electron chi connectivity index (χ1n) is 3.69. The van der Waals surface area contributed by atoms with Crippen LogP contribution in [0.25, 0.3) is 11.0 Å². The first-order chi connectivity index (χ1) is 6.33. The molecule has 0 fully saturated rings. The van der Waals surface area contributed by atoms with Gasteiger partial charge in [0.2, 0.25) is 0 Å². The van der Waals surface area contributed by atoms with E-state index in [1.807, 2.05) is 6.26 Å². The van der Waals surface area contributed by atoms with Crippen LogP contribution in [0.3, 0.4) is 0 Å². The second kappa shape index (κ2) is 3.18. The summed E-state index contributed by atoms with van der Waals surface area (Å²) in [7, 11) is 0. The first kappa shape index (κ1) is 8.25. The lowest BCUT2D eigenvalue weighted by atomic mass is 10.3. The van der Waals surface area contributed by atoms with Gasteiger partial charge in [0.1, 0.15) is 17.0 Å². The van der Waals surface area contributed by atoms with Crippen molar-refractivity contribution in [2.24, 2.45) is 0 Å². The number of fused-ring (bicyclic) bond motifs is 1. The normalized spacial score (nSPS) is 10.5. The summed E-state index contributed by atoms with van der Waals surface area (Å²) in [5.41, 5.74) is 0.547. The van der Waals surface area contributed by atoms with E-state index in [1.165, 1.54) is 24.2 Å². The van der Waals surface area contributed by atoms with Crippen molar-refractivity contribution in [3.63, 3.8) is 0 Å². The van der Waals surface area contributed by atoms with E-state index in [9.17, 15) is 4.79 Å². The Morgan fingerprint density at radius 3 is 3.08 bits per heavy atom. The quantitative estimate of drug-likeness (QED) is 0.543. The summed E-state index contributed by atoms with van der Waals surface area (Å²) in [4.78, 5) is 22.3. The molecular weight excluding hydrogens is 186 g/mol. The van der Waals surface area contributed by atoms with Crippen LogP contribution in [0, 0.1) is 0 Å². The molecule has 0 atom stereocenters. The van der Waals surface area contributed by atoms with Crippen LogP contribution in [-0.4, -0.2) is 21.2 Å². The van der Waals surface area contributed by atoms with E-state index in [0.29, 0.717) is 16.1 Å². The van der Waals surface area contributed by atoms with Gasteiger partial charge in [0.05, 0.1) is 5.39 Å². The fraction of sp³-hybridized carbons (Fsp3) is 0.125. The minimum absolute atomic E-state index is 0.0429. The van der Waals surface area contributed by atoms with Gasteiger partial charge in [-0.05, 0) is 6.26 Å². The largest absolute Gasteiger partial charge is 0.346 e. The van der Waals surface area contributed by atoms with Gasteiger partial charge in [0, 0.05) is 12.3 Å². The van der Waals surface area contributed by atoms with E-state index >= 15 is 0 Å². The van der Waals surface area contributed by atoms with Crippen LogP contribution in [0.2, 0.25) is 0 Å². The highest BCUT2D eigenvalue weighted by Crippen LogP contribution is 2.16. The zero-order chi connectivity index (χ0) is 9.26. The minimum atomic E-state index is -0.0429. The summed E-state index contributed by atoms with van der Waals surface area (Å²) < 4.78 is 0. The monoisotopic (exact) mass is 193 g/mol. The summed E-state index contributed by atoms with van der Waals surface area (Å²) >= 11 is 1.44. The van der Waals surface area contributed by atoms with E-state index in [0.717, 1.165) is 0 Å². The number of nitrogens with one attached hydrogen (secondary N) is 1. The number of thioether (sulfide) groups is 1. The number of hydrogen-bond acceptors (Lipinski definition) is 4. The molecule has 5 heteroatoms.